The van der Waals surface area contributed by atoms with E-state index >= 15 is 0 Å². The lowest BCUT2D eigenvalue weighted by molar-refractivity contribution is 0.0600. The Bertz CT molecular complexity index is 924. The van der Waals surface area contributed by atoms with Gasteiger partial charge in [-0.15, -0.1) is 11.6 Å². The highest BCUT2D eigenvalue weighted by Gasteiger charge is 2.42. The molecule has 5 heteroatoms. The van der Waals surface area contributed by atoms with Crippen molar-refractivity contribution in [2.45, 2.75) is 24.1 Å². The smallest absolute Gasteiger partial charge is 0.337 e. The van der Waals surface area contributed by atoms with Crippen LogP contribution in [0.2, 0.25) is 0 Å². The number of carbonyl (C=O) groups excluding carboxylic acids is 1. The summed E-state index contributed by atoms with van der Waals surface area (Å²) in [6.45, 7) is 0.922. The van der Waals surface area contributed by atoms with Gasteiger partial charge < -0.3 is 14.4 Å². The normalized spacial score (nSPS) is 22.9. The minimum atomic E-state index is -0.511. The maximum Gasteiger partial charge on any atom is 0.337 e. The van der Waals surface area contributed by atoms with Crippen LogP contribution >= 0.6 is 11.6 Å². The summed E-state index contributed by atoms with van der Waals surface area (Å²) in [5, 5.41) is 0. The van der Waals surface area contributed by atoms with E-state index in [2.05, 4.69) is 37.2 Å². The van der Waals surface area contributed by atoms with Gasteiger partial charge in [-0.25, -0.2) is 4.79 Å². The van der Waals surface area contributed by atoms with E-state index in [0.29, 0.717) is 11.5 Å². The largest absolute Gasteiger partial charge is 0.497 e. The van der Waals surface area contributed by atoms with E-state index in [1.165, 1.54) is 12.7 Å². The second-order valence-corrected chi connectivity index (χ2v) is 8.86. The molecule has 0 heterocycles. The molecule has 30 heavy (non-hydrogen) atoms. The predicted octanol–water partition coefficient (Wildman–Crippen LogP) is 5.36. The van der Waals surface area contributed by atoms with Crippen LogP contribution in [0.15, 0.2) is 54.1 Å². The molecule has 0 unspecified atom stereocenters. The average molecular weight is 428 g/mol. The topological polar surface area (TPSA) is 38.8 Å². The van der Waals surface area contributed by atoms with Crippen LogP contribution in [0.1, 0.15) is 40.7 Å². The number of hydrogen-bond donors (Lipinski definition) is 0. The molecule has 2 atom stereocenters. The molecule has 2 aromatic carbocycles. The predicted molar refractivity (Wildman–Crippen MR) is 122 cm³/mol. The maximum absolute atomic E-state index is 11.9. The quantitative estimate of drug-likeness (QED) is 0.459. The molecule has 0 N–H and O–H groups in total. The number of allylic oxidation sites excluding steroid dienone is 1. The van der Waals surface area contributed by atoms with E-state index in [-0.39, 0.29) is 5.97 Å². The van der Waals surface area contributed by atoms with Crippen LogP contribution in [0.4, 0.5) is 0 Å². The van der Waals surface area contributed by atoms with Crippen molar-refractivity contribution in [3.63, 3.8) is 0 Å². The first-order chi connectivity index (χ1) is 14.4. The minimum Gasteiger partial charge on any atom is -0.497 e. The van der Waals surface area contributed by atoms with Gasteiger partial charge in [0.2, 0.25) is 0 Å². The molecule has 1 aliphatic rings. The number of halogens is 1. The molecule has 0 aromatic heterocycles. The van der Waals surface area contributed by atoms with E-state index in [0.717, 1.165) is 42.7 Å². The lowest BCUT2D eigenvalue weighted by Gasteiger charge is -2.42. The highest BCUT2D eigenvalue weighted by Crippen LogP contribution is 2.50. The Balaban J connectivity index is 1.95. The molecule has 1 fully saturated rings. The second kappa shape index (κ2) is 9.67. The first-order valence-corrected chi connectivity index (χ1v) is 10.6. The minimum absolute atomic E-state index is 0.319. The number of carbonyl (C=O) groups is 1. The van der Waals surface area contributed by atoms with Gasteiger partial charge in [0.25, 0.3) is 0 Å². The molecule has 0 saturated heterocycles. The van der Waals surface area contributed by atoms with Crippen LogP contribution in [0.25, 0.3) is 6.08 Å². The third kappa shape index (κ3) is 5.05. The summed E-state index contributed by atoms with van der Waals surface area (Å²) in [5.41, 5.74) is 3.91. The van der Waals surface area contributed by atoms with E-state index in [9.17, 15) is 4.79 Å². The van der Waals surface area contributed by atoms with Gasteiger partial charge in [-0.1, -0.05) is 35.9 Å². The van der Waals surface area contributed by atoms with Crippen LogP contribution in [-0.4, -0.2) is 45.7 Å². The summed E-state index contributed by atoms with van der Waals surface area (Å²) in [5.74, 6) is 0.811. The fraction of sp³-hybridized carbons (Fsp3) is 0.400. The summed E-state index contributed by atoms with van der Waals surface area (Å²) >= 11 is 7.41. The van der Waals surface area contributed by atoms with Gasteiger partial charge in [0.1, 0.15) is 5.75 Å². The molecule has 0 bridgehead atoms. The van der Waals surface area contributed by atoms with Gasteiger partial charge in [-0.05, 0) is 74.7 Å². The molecule has 2 aromatic rings. The van der Waals surface area contributed by atoms with Crippen molar-refractivity contribution in [1.82, 2.24) is 4.90 Å². The fourth-order valence-corrected chi connectivity index (χ4v) is 4.75. The molecular weight excluding hydrogens is 398 g/mol. The highest BCUT2D eigenvalue weighted by atomic mass is 35.5. The Labute approximate surface area is 184 Å². The zero-order chi connectivity index (χ0) is 21.7. The fourth-order valence-electron chi connectivity index (χ4n) is 4.28. The average Bonchev–Trinajstić information content (AvgIpc) is 2.75. The van der Waals surface area contributed by atoms with E-state index < -0.39 is 4.87 Å². The van der Waals surface area contributed by atoms with Crippen molar-refractivity contribution in [1.29, 1.82) is 0 Å². The zero-order valence-corrected chi connectivity index (χ0v) is 18.9. The molecule has 3 rings (SSSR count). The molecule has 1 aliphatic carbocycles. The first kappa shape index (κ1) is 22.4. The lowest BCUT2D eigenvalue weighted by atomic mass is 9.72. The van der Waals surface area contributed by atoms with E-state index in [4.69, 9.17) is 21.1 Å². The number of hydrogen-bond acceptors (Lipinski definition) is 4. The Morgan fingerprint density at radius 1 is 1.20 bits per heavy atom. The third-order valence-corrected chi connectivity index (χ3v) is 6.42. The van der Waals surface area contributed by atoms with Gasteiger partial charge in [0.15, 0.2) is 0 Å². The van der Waals surface area contributed by atoms with Crippen LogP contribution < -0.4 is 4.74 Å². The summed E-state index contributed by atoms with van der Waals surface area (Å²) in [6.07, 6.45) is 4.90. The van der Waals surface area contributed by atoms with Crippen molar-refractivity contribution in [2.75, 3.05) is 34.9 Å². The number of rotatable bonds is 6. The van der Waals surface area contributed by atoms with Crippen molar-refractivity contribution < 1.29 is 14.3 Å². The van der Waals surface area contributed by atoms with Crippen LogP contribution in [0.5, 0.6) is 5.75 Å². The molecular formula is C25H30ClNO3. The van der Waals surface area contributed by atoms with Crippen molar-refractivity contribution in [2.24, 2.45) is 5.92 Å². The molecule has 0 radical (unpaired) electrons. The Hall–Kier alpha value is -2.30. The zero-order valence-electron chi connectivity index (χ0n) is 18.2. The van der Waals surface area contributed by atoms with Gasteiger partial charge in [0, 0.05) is 6.54 Å². The van der Waals surface area contributed by atoms with Crippen LogP contribution in [0.3, 0.4) is 0 Å². The van der Waals surface area contributed by atoms with Gasteiger partial charge >= 0.3 is 5.97 Å². The Morgan fingerprint density at radius 2 is 1.97 bits per heavy atom. The maximum atomic E-state index is 11.9. The molecule has 4 nitrogen and oxygen atoms in total. The summed E-state index contributed by atoms with van der Waals surface area (Å²) in [6, 6.07) is 15.6. The molecule has 0 aliphatic heterocycles. The summed E-state index contributed by atoms with van der Waals surface area (Å²) in [7, 11) is 7.26. The monoisotopic (exact) mass is 427 g/mol. The Morgan fingerprint density at radius 3 is 2.67 bits per heavy atom. The van der Waals surface area contributed by atoms with E-state index in [1.807, 2.05) is 30.3 Å². The summed E-state index contributed by atoms with van der Waals surface area (Å²) in [4.78, 5) is 13.6. The van der Waals surface area contributed by atoms with Gasteiger partial charge in [0.05, 0.1) is 24.7 Å². The second-order valence-electron chi connectivity index (χ2n) is 8.19. The van der Waals surface area contributed by atoms with Crippen molar-refractivity contribution in [3.05, 3.63) is 70.8 Å². The van der Waals surface area contributed by atoms with E-state index in [1.54, 1.807) is 13.2 Å². The number of methoxy groups -OCH3 is 2. The molecule has 0 spiro atoms. The molecule has 0 amide bonds. The standard InChI is InChI=1S/C25H30ClNO3/c1-27(2)17-22-12-11-19(13-18-7-5-8-20(14-18)24(28)30-4)16-25(22,26)21-9-6-10-23(15-21)29-3/h5-10,13-15,22H,11-12,16-17H2,1-4H3/t22-,25-/m0/s1. The van der Waals surface area contributed by atoms with Crippen molar-refractivity contribution in [3.8, 4) is 5.75 Å². The third-order valence-electron chi connectivity index (χ3n) is 5.76. The SMILES string of the molecule is COC(=O)c1cccc(C=C2CC[C@@H](CN(C)C)[C@@](Cl)(c3cccc(OC)c3)C2)c1. The number of alkyl halides is 1. The highest BCUT2D eigenvalue weighted by molar-refractivity contribution is 6.24. The van der Waals surface area contributed by atoms with Gasteiger partial charge in [-0.2, -0.15) is 0 Å². The van der Waals surface area contributed by atoms with Crippen LogP contribution in [0, 0.1) is 5.92 Å². The lowest BCUT2D eigenvalue weighted by Crippen LogP contribution is -2.39. The first-order valence-electron chi connectivity index (χ1n) is 10.2. The number of ether oxygens (including phenoxy) is 2. The number of esters is 1. The Kier molecular flexibility index (Phi) is 7.22. The number of benzene rings is 2. The van der Waals surface area contributed by atoms with Crippen LogP contribution in [-0.2, 0) is 9.61 Å². The molecule has 160 valence electrons. The molecule has 1 saturated carbocycles. The number of nitrogens with zero attached hydrogens (tertiary/aromatic N) is 1. The van der Waals surface area contributed by atoms with Gasteiger partial charge in [-0.3, -0.25) is 0 Å². The van der Waals surface area contributed by atoms with Crippen molar-refractivity contribution >= 4 is 23.6 Å². The summed E-state index contributed by atoms with van der Waals surface area (Å²) < 4.78 is 10.3.